The molecule has 2 aromatic carbocycles. The molecule has 0 aliphatic heterocycles. The minimum Gasteiger partial charge on any atom is -0.491 e. The van der Waals surface area contributed by atoms with Crippen molar-refractivity contribution in [2.24, 2.45) is 10.7 Å². The summed E-state index contributed by atoms with van der Waals surface area (Å²) in [5.41, 5.74) is 8.19. The van der Waals surface area contributed by atoms with Gasteiger partial charge >= 0.3 is 0 Å². The highest BCUT2D eigenvalue weighted by Crippen LogP contribution is 2.31. The van der Waals surface area contributed by atoms with Gasteiger partial charge in [0.1, 0.15) is 17.2 Å². The molecule has 154 valence electrons. The number of hydrogen-bond donors (Lipinski definition) is 2. The molecule has 0 amide bonds. The first kappa shape index (κ1) is 22.5. The Morgan fingerprint density at radius 1 is 1.17 bits per heavy atom. The minimum absolute atomic E-state index is 0.0450. The van der Waals surface area contributed by atoms with E-state index in [1.54, 1.807) is 30.3 Å². The van der Waals surface area contributed by atoms with Crippen molar-refractivity contribution in [2.75, 3.05) is 6.26 Å². The van der Waals surface area contributed by atoms with Gasteiger partial charge in [-0.2, -0.15) is 0 Å². The van der Waals surface area contributed by atoms with Crippen molar-refractivity contribution >= 4 is 38.0 Å². The normalized spacial score (nSPS) is 11.9. The van der Waals surface area contributed by atoms with Gasteiger partial charge in [-0.15, -0.1) is 0 Å². The number of benzene rings is 2. The van der Waals surface area contributed by atoms with Crippen LogP contribution in [0.2, 0.25) is 0 Å². The van der Waals surface area contributed by atoms with Crippen LogP contribution < -0.4 is 20.6 Å². The summed E-state index contributed by atoms with van der Waals surface area (Å²) in [6, 6.07) is 11.4. The zero-order valence-electron chi connectivity index (χ0n) is 16.5. The van der Waals surface area contributed by atoms with E-state index in [4.69, 9.17) is 20.6 Å². The highest BCUT2D eigenvalue weighted by molar-refractivity contribution is 8.24. The topological polar surface area (TPSA) is 117 Å². The third kappa shape index (κ3) is 6.95. The maximum absolute atomic E-state index is 11.6. The van der Waals surface area contributed by atoms with Crippen LogP contribution >= 0.6 is 11.8 Å². The van der Waals surface area contributed by atoms with Gasteiger partial charge in [0.15, 0.2) is 15.0 Å². The van der Waals surface area contributed by atoms with Gasteiger partial charge in [0.25, 0.3) is 0 Å². The standard InChI is InChI=1S/C20H23N3O4S2/c1-13(2)26-17-9-15(14(3)23-20(22)28-12-21)10-18(11-17)27-16-5-7-19(8-6-16)29(4,24)25/h5-13,21H,3H2,1-2,4H3,(H2,22,23)/p+1. The van der Waals surface area contributed by atoms with E-state index in [9.17, 15) is 8.42 Å². The van der Waals surface area contributed by atoms with Crippen LogP contribution in [0.5, 0.6) is 17.2 Å². The number of rotatable bonds is 8. The molecular weight excluding hydrogens is 410 g/mol. The Kier molecular flexibility index (Phi) is 7.46. The zero-order chi connectivity index (χ0) is 21.6. The third-order valence-electron chi connectivity index (χ3n) is 3.51. The van der Waals surface area contributed by atoms with E-state index in [1.165, 1.54) is 17.7 Å². The van der Waals surface area contributed by atoms with Crippen LogP contribution in [0.25, 0.3) is 5.70 Å². The molecule has 0 spiro atoms. The summed E-state index contributed by atoms with van der Waals surface area (Å²) in [7, 11) is -3.27. The van der Waals surface area contributed by atoms with Gasteiger partial charge in [-0.3, -0.25) is 5.41 Å². The lowest BCUT2D eigenvalue weighted by Gasteiger charge is -2.14. The van der Waals surface area contributed by atoms with Crippen molar-refractivity contribution in [3.8, 4) is 17.2 Å². The smallest absolute Gasteiger partial charge is 0.202 e. The van der Waals surface area contributed by atoms with Crippen LogP contribution in [0.4, 0.5) is 0 Å². The SMILES string of the molecule is C=C(N=C(N)SC=[NH2+])c1cc(Oc2ccc(S(C)(=O)=O)cc2)cc(OC(C)C)c1. The van der Waals surface area contributed by atoms with Crippen molar-refractivity contribution < 1.29 is 23.3 Å². The molecule has 0 atom stereocenters. The van der Waals surface area contributed by atoms with E-state index >= 15 is 0 Å². The van der Waals surface area contributed by atoms with Crippen LogP contribution in [0.15, 0.2) is 58.9 Å². The fraction of sp³-hybridized carbons (Fsp3) is 0.200. The second-order valence-electron chi connectivity index (χ2n) is 6.36. The first-order valence-electron chi connectivity index (χ1n) is 8.61. The third-order valence-corrected chi connectivity index (χ3v) is 5.10. The number of nitrogens with zero attached hydrogens (tertiary/aromatic N) is 1. The fourth-order valence-corrected chi connectivity index (χ4v) is 3.25. The van der Waals surface area contributed by atoms with E-state index in [0.717, 1.165) is 18.0 Å². The maximum atomic E-state index is 11.6. The summed E-state index contributed by atoms with van der Waals surface area (Å²) in [4.78, 5) is 4.44. The average molecular weight is 435 g/mol. The molecule has 0 aromatic heterocycles. The van der Waals surface area contributed by atoms with Gasteiger partial charge in [-0.25, -0.2) is 13.4 Å². The molecule has 0 radical (unpaired) electrons. The van der Waals surface area contributed by atoms with Gasteiger partial charge in [0, 0.05) is 29.6 Å². The molecule has 0 heterocycles. The molecule has 0 fully saturated rings. The maximum Gasteiger partial charge on any atom is 0.202 e. The van der Waals surface area contributed by atoms with Crippen molar-refractivity contribution in [3.63, 3.8) is 0 Å². The lowest BCUT2D eigenvalue weighted by molar-refractivity contribution is -0.101. The van der Waals surface area contributed by atoms with Crippen LogP contribution in [-0.2, 0) is 9.84 Å². The fourth-order valence-electron chi connectivity index (χ4n) is 2.32. The molecule has 0 saturated carbocycles. The number of hydrogen-bond acceptors (Lipinski definition) is 6. The van der Waals surface area contributed by atoms with E-state index in [1.807, 2.05) is 13.8 Å². The number of nitrogens with two attached hydrogens (primary N) is 2. The molecule has 29 heavy (non-hydrogen) atoms. The molecule has 0 aliphatic rings. The lowest BCUT2D eigenvalue weighted by Crippen LogP contribution is -2.29. The first-order valence-corrected chi connectivity index (χ1v) is 11.4. The second kappa shape index (κ2) is 9.62. The van der Waals surface area contributed by atoms with Crippen LogP contribution in [0.3, 0.4) is 0 Å². The largest absolute Gasteiger partial charge is 0.491 e. The van der Waals surface area contributed by atoms with E-state index in [2.05, 4.69) is 11.6 Å². The molecule has 2 rings (SSSR count). The van der Waals surface area contributed by atoms with E-state index in [0.29, 0.717) is 28.5 Å². The van der Waals surface area contributed by atoms with Crippen molar-refractivity contribution in [1.82, 2.24) is 0 Å². The summed E-state index contributed by atoms with van der Waals surface area (Å²) in [6.45, 7) is 7.77. The van der Waals surface area contributed by atoms with Crippen LogP contribution in [0, 0.1) is 0 Å². The highest BCUT2D eigenvalue weighted by Gasteiger charge is 2.10. The molecule has 0 saturated heterocycles. The zero-order valence-corrected chi connectivity index (χ0v) is 18.1. The summed E-state index contributed by atoms with van der Waals surface area (Å²) >= 11 is 1.09. The second-order valence-corrected chi connectivity index (χ2v) is 9.30. The Morgan fingerprint density at radius 2 is 1.79 bits per heavy atom. The Morgan fingerprint density at radius 3 is 2.34 bits per heavy atom. The summed E-state index contributed by atoms with van der Waals surface area (Å²) in [6.07, 6.45) is 1.11. The van der Waals surface area contributed by atoms with Crippen molar-refractivity contribution in [2.45, 2.75) is 24.8 Å². The van der Waals surface area contributed by atoms with E-state index in [-0.39, 0.29) is 16.2 Å². The Balaban J connectivity index is 2.36. The quantitative estimate of drug-likeness (QED) is 0.487. The van der Waals surface area contributed by atoms with Gasteiger partial charge in [0.2, 0.25) is 5.55 Å². The number of amidine groups is 1. The molecule has 0 aliphatic carbocycles. The molecule has 0 unspecified atom stereocenters. The number of sulfone groups is 1. The van der Waals surface area contributed by atoms with Gasteiger partial charge < -0.3 is 15.2 Å². The Bertz CT molecular complexity index is 1030. The lowest BCUT2D eigenvalue weighted by atomic mass is 10.1. The van der Waals surface area contributed by atoms with Gasteiger partial charge in [0.05, 0.1) is 16.7 Å². The molecule has 9 heteroatoms. The monoisotopic (exact) mass is 434 g/mol. The summed E-state index contributed by atoms with van der Waals surface area (Å²) in [5.74, 6) is 1.54. The predicted octanol–water partition coefficient (Wildman–Crippen LogP) is 2.48. The van der Waals surface area contributed by atoms with Gasteiger partial charge in [-0.05, 0) is 50.2 Å². The molecule has 2 aromatic rings. The van der Waals surface area contributed by atoms with Gasteiger partial charge in [-0.1, -0.05) is 6.58 Å². The molecule has 4 N–H and O–H groups in total. The molecular formula is C20H24N3O4S2+. The highest BCUT2D eigenvalue weighted by atomic mass is 32.2. The van der Waals surface area contributed by atoms with Crippen LogP contribution in [0.1, 0.15) is 19.4 Å². The molecule has 0 bridgehead atoms. The molecule has 7 nitrogen and oxygen atoms in total. The Labute approximate surface area is 175 Å². The van der Waals surface area contributed by atoms with Crippen LogP contribution in [-0.4, -0.2) is 31.5 Å². The van der Waals surface area contributed by atoms with Crippen molar-refractivity contribution in [1.29, 1.82) is 0 Å². The number of thioether (sulfide) groups is 1. The number of aliphatic imine (C=N–C) groups is 1. The first-order chi connectivity index (χ1) is 13.6. The van der Waals surface area contributed by atoms with Crippen molar-refractivity contribution in [3.05, 3.63) is 54.6 Å². The minimum atomic E-state index is -3.27. The Hall–Kier alpha value is -2.78. The number of ether oxygens (including phenoxy) is 2. The average Bonchev–Trinajstić information content (AvgIpc) is 2.60. The predicted molar refractivity (Wildman–Crippen MR) is 118 cm³/mol. The summed E-state index contributed by atoms with van der Waals surface area (Å²) < 4.78 is 34.9. The van der Waals surface area contributed by atoms with E-state index < -0.39 is 9.84 Å². The summed E-state index contributed by atoms with van der Waals surface area (Å²) in [5, 5.41) is 5.60.